The van der Waals surface area contributed by atoms with Gasteiger partial charge in [0, 0.05) is 63.2 Å². The molecule has 0 radical (unpaired) electrons. The molecule has 0 unspecified atom stereocenters. The van der Waals surface area contributed by atoms with E-state index < -0.39 is 0 Å². The van der Waals surface area contributed by atoms with E-state index in [1.807, 2.05) is 79.7 Å². The Hall–Kier alpha value is -4.91. The number of amides is 1. The Balaban J connectivity index is 1.27. The van der Waals surface area contributed by atoms with E-state index in [9.17, 15) is 4.79 Å². The molecule has 0 fully saturated rings. The Morgan fingerprint density at radius 1 is 0.743 bits per heavy atom. The summed E-state index contributed by atoms with van der Waals surface area (Å²) in [5.41, 5.74) is 13.2. The van der Waals surface area contributed by atoms with Crippen molar-refractivity contribution >= 4 is 50.9 Å². The third kappa shape index (κ3) is 5.20. The molecule has 0 saturated carbocycles. The molecule has 0 atom stereocenters. The van der Waals surface area contributed by atoms with E-state index in [4.69, 9.17) is 5.73 Å². The number of nitrogen functional groups attached to an aromatic ring is 1. The first kappa shape index (κ1) is 21.9. The molecule has 0 saturated heterocycles. The third-order valence-corrected chi connectivity index (χ3v) is 5.50. The van der Waals surface area contributed by atoms with Crippen molar-refractivity contribution in [1.29, 1.82) is 0 Å². The maximum absolute atomic E-state index is 12.8. The molecular weight excluding hydrogens is 436 g/mol. The number of aromatic nitrogens is 2. The van der Waals surface area contributed by atoms with Crippen molar-refractivity contribution in [2.24, 2.45) is 0 Å². The van der Waals surface area contributed by atoms with Crippen molar-refractivity contribution in [3.63, 3.8) is 0 Å². The summed E-state index contributed by atoms with van der Waals surface area (Å²) in [6.45, 7) is 1.94. The number of fused-ring (bicyclic) bond motifs is 1. The molecular formula is C28H24N6O. The van der Waals surface area contributed by atoms with Gasteiger partial charge in [-0.1, -0.05) is 6.07 Å². The minimum atomic E-state index is -0.185. The second-order valence-corrected chi connectivity index (χ2v) is 8.18. The van der Waals surface area contributed by atoms with Crippen LogP contribution in [0.4, 0.5) is 34.1 Å². The Morgan fingerprint density at radius 3 is 2.34 bits per heavy atom. The summed E-state index contributed by atoms with van der Waals surface area (Å²) < 4.78 is 0. The van der Waals surface area contributed by atoms with E-state index in [1.54, 1.807) is 24.5 Å². The summed E-state index contributed by atoms with van der Waals surface area (Å²) in [6, 6.07) is 26.3. The Morgan fingerprint density at radius 2 is 1.51 bits per heavy atom. The third-order valence-electron chi connectivity index (χ3n) is 5.50. The van der Waals surface area contributed by atoms with Crippen molar-refractivity contribution in [3.8, 4) is 0 Å². The Labute approximate surface area is 203 Å². The quantitative estimate of drug-likeness (QED) is 0.223. The second kappa shape index (κ2) is 9.52. The van der Waals surface area contributed by atoms with Gasteiger partial charge < -0.3 is 21.7 Å². The second-order valence-electron chi connectivity index (χ2n) is 8.18. The molecule has 5 aromatic rings. The molecule has 5 rings (SSSR count). The highest BCUT2D eigenvalue weighted by Gasteiger charge is 2.08. The van der Waals surface area contributed by atoms with E-state index in [0.29, 0.717) is 16.9 Å². The molecule has 172 valence electrons. The molecule has 7 heteroatoms. The highest BCUT2D eigenvalue weighted by atomic mass is 16.1. The average molecular weight is 461 g/mol. The molecule has 0 aliphatic heterocycles. The van der Waals surface area contributed by atoms with Gasteiger partial charge in [-0.3, -0.25) is 14.8 Å². The van der Waals surface area contributed by atoms with Crippen LogP contribution in [0.2, 0.25) is 0 Å². The smallest absolute Gasteiger partial charge is 0.255 e. The van der Waals surface area contributed by atoms with E-state index in [-0.39, 0.29) is 5.91 Å². The molecule has 0 aliphatic rings. The summed E-state index contributed by atoms with van der Waals surface area (Å²) in [5.74, 6) is -0.185. The molecule has 7 nitrogen and oxygen atoms in total. The molecule has 35 heavy (non-hydrogen) atoms. The van der Waals surface area contributed by atoms with Crippen LogP contribution in [0, 0.1) is 6.92 Å². The van der Waals surface area contributed by atoms with E-state index in [2.05, 4.69) is 25.9 Å². The van der Waals surface area contributed by atoms with Gasteiger partial charge in [-0.05, 0) is 85.8 Å². The molecule has 1 amide bonds. The number of carbonyl (C=O) groups excluding carboxylic acids is 1. The fourth-order valence-electron chi connectivity index (χ4n) is 3.80. The zero-order valence-electron chi connectivity index (χ0n) is 19.1. The Bertz CT molecular complexity index is 1510. The van der Waals surface area contributed by atoms with Gasteiger partial charge in [0.25, 0.3) is 5.91 Å². The predicted octanol–water partition coefficient (Wildman–Crippen LogP) is 6.26. The maximum Gasteiger partial charge on any atom is 0.255 e. The normalized spacial score (nSPS) is 10.7. The van der Waals surface area contributed by atoms with Gasteiger partial charge in [-0.2, -0.15) is 0 Å². The van der Waals surface area contributed by atoms with Crippen molar-refractivity contribution in [2.45, 2.75) is 6.92 Å². The minimum Gasteiger partial charge on any atom is -0.399 e. The van der Waals surface area contributed by atoms with Gasteiger partial charge in [0.05, 0.1) is 5.52 Å². The molecule has 5 N–H and O–H groups in total. The van der Waals surface area contributed by atoms with Gasteiger partial charge >= 0.3 is 0 Å². The number of carbonyl (C=O) groups is 1. The molecule has 0 aliphatic carbocycles. The van der Waals surface area contributed by atoms with Crippen molar-refractivity contribution in [1.82, 2.24) is 9.97 Å². The predicted molar refractivity (Wildman–Crippen MR) is 143 cm³/mol. The fourth-order valence-corrected chi connectivity index (χ4v) is 3.80. The average Bonchev–Trinajstić information content (AvgIpc) is 2.85. The fraction of sp³-hybridized carbons (Fsp3) is 0.0357. The SMILES string of the molecule is Cc1cc(Nc2cccc(NC(=O)c3ccc(Nc4ccnc5ccc(N)cc45)cc3)c2)ccn1. The van der Waals surface area contributed by atoms with Crippen molar-refractivity contribution in [3.05, 3.63) is 109 Å². The zero-order valence-corrected chi connectivity index (χ0v) is 19.1. The maximum atomic E-state index is 12.8. The molecule has 2 heterocycles. The molecule has 0 spiro atoms. The number of nitrogens with two attached hydrogens (primary N) is 1. The van der Waals surface area contributed by atoms with Crippen LogP contribution in [0.3, 0.4) is 0 Å². The van der Waals surface area contributed by atoms with E-state index in [1.165, 1.54) is 0 Å². The Kier molecular flexibility index (Phi) is 5.96. The van der Waals surface area contributed by atoms with Crippen LogP contribution < -0.4 is 21.7 Å². The lowest BCUT2D eigenvalue weighted by Crippen LogP contribution is -2.11. The molecule has 3 aromatic carbocycles. The van der Waals surface area contributed by atoms with Crippen LogP contribution in [0.5, 0.6) is 0 Å². The van der Waals surface area contributed by atoms with Gasteiger partial charge in [-0.25, -0.2) is 0 Å². The number of nitrogens with one attached hydrogen (secondary N) is 3. The van der Waals surface area contributed by atoms with Crippen LogP contribution in [-0.4, -0.2) is 15.9 Å². The van der Waals surface area contributed by atoms with Gasteiger partial charge in [0.2, 0.25) is 0 Å². The van der Waals surface area contributed by atoms with Crippen LogP contribution in [-0.2, 0) is 0 Å². The van der Waals surface area contributed by atoms with Crippen LogP contribution in [0.25, 0.3) is 10.9 Å². The largest absolute Gasteiger partial charge is 0.399 e. The first-order chi connectivity index (χ1) is 17.0. The first-order valence-electron chi connectivity index (χ1n) is 11.2. The topological polar surface area (TPSA) is 105 Å². The minimum absolute atomic E-state index is 0.185. The number of benzene rings is 3. The standard InChI is InChI=1S/C28H24N6O/c1-18-15-24(11-13-30-18)32-22-3-2-4-23(17-22)34-28(35)19-5-8-21(9-6-19)33-27-12-14-31-26-10-7-20(29)16-25(26)27/h2-17H,29H2,1H3,(H,30,32)(H,31,33)(H,34,35). The molecule has 0 bridgehead atoms. The lowest BCUT2D eigenvalue weighted by Gasteiger charge is -2.12. The lowest BCUT2D eigenvalue weighted by atomic mass is 10.1. The summed E-state index contributed by atoms with van der Waals surface area (Å²) >= 11 is 0. The first-order valence-corrected chi connectivity index (χ1v) is 11.2. The number of pyridine rings is 2. The van der Waals surface area contributed by atoms with E-state index >= 15 is 0 Å². The number of rotatable bonds is 6. The highest BCUT2D eigenvalue weighted by molar-refractivity contribution is 6.04. The number of hydrogen-bond acceptors (Lipinski definition) is 6. The van der Waals surface area contributed by atoms with Gasteiger partial charge in [0.1, 0.15) is 0 Å². The number of aryl methyl sites for hydroxylation is 1. The van der Waals surface area contributed by atoms with Gasteiger partial charge in [0.15, 0.2) is 0 Å². The summed E-state index contributed by atoms with van der Waals surface area (Å²) in [7, 11) is 0. The summed E-state index contributed by atoms with van der Waals surface area (Å²) in [5, 5.41) is 10.6. The van der Waals surface area contributed by atoms with Crippen molar-refractivity contribution in [2.75, 3.05) is 21.7 Å². The number of anilines is 6. The van der Waals surface area contributed by atoms with Gasteiger partial charge in [-0.15, -0.1) is 0 Å². The monoisotopic (exact) mass is 460 g/mol. The highest BCUT2D eigenvalue weighted by Crippen LogP contribution is 2.27. The van der Waals surface area contributed by atoms with Crippen LogP contribution >= 0.6 is 0 Å². The van der Waals surface area contributed by atoms with Crippen molar-refractivity contribution < 1.29 is 4.79 Å². The van der Waals surface area contributed by atoms with Crippen LogP contribution in [0.15, 0.2) is 97.3 Å². The van der Waals surface area contributed by atoms with Crippen LogP contribution in [0.1, 0.15) is 16.1 Å². The lowest BCUT2D eigenvalue weighted by molar-refractivity contribution is 0.102. The number of nitrogens with zero attached hydrogens (tertiary/aromatic N) is 2. The summed E-state index contributed by atoms with van der Waals surface area (Å²) in [4.78, 5) is 21.4. The number of hydrogen-bond donors (Lipinski definition) is 4. The summed E-state index contributed by atoms with van der Waals surface area (Å²) in [6.07, 6.45) is 3.51. The van der Waals surface area contributed by atoms with E-state index in [0.717, 1.165) is 39.3 Å². The molecule has 2 aromatic heterocycles. The zero-order chi connectivity index (χ0) is 24.2.